The number of hydrogen-bond acceptors (Lipinski definition) is 6. The van der Waals surface area contributed by atoms with Gasteiger partial charge in [-0.1, -0.05) is 60.7 Å². The number of carboxylic acids is 1. The van der Waals surface area contributed by atoms with Crippen molar-refractivity contribution in [1.29, 1.82) is 0 Å². The molecular formula is C25H31N3O6S. The number of carboxylic acid groups (broad SMARTS) is 1. The van der Waals surface area contributed by atoms with Crippen molar-refractivity contribution in [3.8, 4) is 0 Å². The molecule has 0 aliphatic carbocycles. The largest absolute Gasteiger partial charge is 0.480 e. The Kier molecular flexibility index (Phi) is 11.6. The molecule has 3 atom stereocenters. The highest BCUT2D eigenvalue weighted by atomic mass is 32.2. The minimum atomic E-state index is -1.15. The van der Waals surface area contributed by atoms with Crippen molar-refractivity contribution in [1.82, 2.24) is 16.0 Å². The summed E-state index contributed by atoms with van der Waals surface area (Å²) in [5.74, 6) is -1.81. The van der Waals surface area contributed by atoms with E-state index < -0.39 is 42.0 Å². The molecule has 0 aliphatic heterocycles. The Morgan fingerprint density at radius 2 is 1.43 bits per heavy atom. The van der Waals surface area contributed by atoms with Crippen LogP contribution in [0.3, 0.4) is 0 Å². The summed E-state index contributed by atoms with van der Waals surface area (Å²) in [6.45, 7) is 1.52. The number of rotatable bonds is 13. The first-order valence-corrected chi connectivity index (χ1v) is 12.5. The molecule has 0 aromatic heterocycles. The summed E-state index contributed by atoms with van der Waals surface area (Å²) in [6, 6.07) is 15.0. The number of hydrogen-bond donors (Lipinski definition) is 4. The van der Waals surface area contributed by atoms with Gasteiger partial charge >= 0.3 is 12.1 Å². The molecule has 0 fully saturated rings. The summed E-state index contributed by atoms with van der Waals surface area (Å²) < 4.78 is 5.14. The lowest BCUT2D eigenvalue weighted by Crippen LogP contribution is -2.56. The molecule has 0 radical (unpaired) electrons. The predicted molar refractivity (Wildman–Crippen MR) is 134 cm³/mol. The highest BCUT2D eigenvalue weighted by molar-refractivity contribution is 7.98. The average Bonchev–Trinajstić information content (AvgIpc) is 2.85. The number of nitrogens with one attached hydrogen (secondary N) is 3. The van der Waals surface area contributed by atoms with Crippen molar-refractivity contribution < 1.29 is 29.0 Å². The van der Waals surface area contributed by atoms with Gasteiger partial charge in [-0.05, 0) is 36.5 Å². The zero-order chi connectivity index (χ0) is 25.6. The van der Waals surface area contributed by atoms with Crippen LogP contribution in [0, 0.1) is 0 Å². The summed E-state index contributed by atoms with van der Waals surface area (Å²) in [5.41, 5.74) is 1.58. The Hall–Kier alpha value is -3.53. The van der Waals surface area contributed by atoms with Gasteiger partial charge in [0.1, 0.15) is 24.7 Å². The molecule has 188 valence electrons. The highest BCUT2D eigenvalue weighted by Gasteiger charge is 2.28. The first-order valence-electron chi connectivity index (χ1n) is 11.1. The third kappa shape index (κ3) is 10.1. The van der Waals surface area contributed by atoms with Crippen molar-refractivity contribution >= 4 is 35.6 Å². The molecule has 9 nitrogen and oxygen atoms in total. The fourth-order valence-electron chi connectivity index (χ4n) is 3.13. The average molecular weight is 502 g/mol. The van der Waals surface area contributed by atoms with Gasteiger partial charge in [0.05, 0.1) is 0 Å². The van der Waals surface area contributed by atoms with Crippen LogP contribution < -0.4 is 16.0 Å². The van der Waals surface area contributed by atoms with Crippen LogP contribution in [0.25, 0.3) is 0 Å². The van der Waals surface area contributed by atoms with Gasteiger partial charge in [0, 0.05) is 6.42 Å². The summed E-state index contributed by atoms with van der Waals surface area (Å²) >= 11 is 1.47. The third-order valence-electron chi connectivity index (χ3n) is 5.08. The molecule has 2 aromatic rings. The van der Waals surface area contributed by atoms with Crippen LogP contribution in [0.15, 0.2) is 60.7 Å². The topological polar surface area (TPSA) is 134 Å². The van der Waals surface area contributed by atoms with E-state index in [1.165, 1.54) is 18.7 Å². The Bertz CT molecular complexity index is 974. The van der Waals surface area contributed by atoms with Gasteiger partial charge in [0.15, 0.2) is 0 Å². The van der Waals surface area contributed by atoms with Crippen LogP contribution in [-0.2, 0) is 32.1 Å². The van der Waals surface area contributed by atoms with E-state index in [1.54, 1.807) is 36.4 Å². The number of ether oxygens (including phenoxy) is 1. The molecule has 10 heteroatoms. The number of carbonyl (C=O) groups is 4. The first kappa shape index (κ1) is 27.7. The highest BCUT2D eigenvalue weighted by Crippen LogP contribution is 2.07. The van der Waals surface area contributed by atoms with E-state index in [2.05, 4.69) is 16.0 Å². The second kappa shape index (κ2) is 14.7. The van der Waals surface area contributed by atoms with E-state index in [0.29, 0.717) is 5.75 Å². The normalized spacial score (nSPS) is 13.1. The summed E-state index contributed by atoms with van der Waals surface area (Å²) in [5, 5.41) is 17.0. The summed E-state index contributed by atoms with van der Waals surface area (Å²) in [4.78, 5) is 49.4. The lowest BCUT2D eigenvalue weighted by atomic mass is 10.0. The van der Waals surface area contributed by atoms with Gasteiger partial charge in [0.25, 0.3) is 0 Å². The number of aliphatic carboxylic acids is 1. The second-order valence-electron chi connectivity index (χ2n) is 7.86. The Morgan fingerprint density at radius 1 is 0.857 bits per heavy atom. The fourth-order valence-corrected chi connectivity index (χ4v) is 3.60. The minimum absolute atomic E-state index is 0.0483. The molecule has 0 saturated carbocycles. The van der Waals surface area contributed by atoms with Crippen LogP contribution in [-0.4, -0.2) is 59.1 Å². The number of carbonyl (C=O) groups excluding carboxylic acids is 3. The van der Waals surface area contributed by atoms with Gasteiger partial charge in [-0.2, -0.15) is 11.8 Å². The van der Waals surface area contributed by atoms with Crippen molar-refractivity contribution in [3.05, 3.63) is 71.8 Å². The molecule has 0 heterocycles. The zero-order valence-electron chi connectivity index (χ0n) is 19.7. The minimum Gasteiger partial charge on any atom is -0.480 e. The van der Waals surface area contributed by atoms with E-state index in [9.17, 15) is 24.3 Å². The number of alkyl carbamates (subject to hydrolysis) is 1. The van der Waals surface area contributed by atoms with Crippen LogP contribution >= 0.6 is 11.8 Å². The van der Waals surface area contributed by atoms with E-state index in [0.717, 1.165) is 11.1 Å². The van der Waals surface area contributed by atoms with E-state index in [4.69, 9.17) is 4.74 Å². The van der Waals surface area contributed by atoms with E-state index >= 15 is 0 Å². The maximum absolute atomic E-state index is 13.0. The molecule has 4 N–H and O–H groups in total. The van der Waals surface area contributed by atoms with Crippen LogP contribution in [0.2, 0.25) is 0 Å². The molecule has 35 heavy (non-hydrogen) atoms. The number of benzene rings is 2. The van der Waals surface area contributed by atoms with Crippen molar-refractivity contribution in [2.45, 2.75) is 44.5 Å². The summed E-state index contributed by atoms with van der Waals surface area (Å²) in [6.07, 6.45) is 1.47. The molecule has 3 amide bonds. The van der Waals surface area contributed by atoms with Crippen LogP contribution in [0.4, 0.5) is 4.79 Å². The van der Waals surface area contributed by atoms with Crippen molar-refractivity contribution in [3.63, 3.8) is 0 Å². The lowest BCUT2D eigenvalue weighted by molar-refractivity contribution is -0.142. The maximum Gasteiger partial charge on any atom is 0.408 e. The molecule has 0 saturated heterocycles. The Labute approximate surface area is 209 Å². The Balaban J connectivity index is 2.01. The van der Waals surface area contributed by atoms with E-state index in [-0.39, 0.29) is 19.4 Å². The molecule has 0 unspecified atom stereocenters. The Morgan fingerprint density at radius 3 is 2.00 bits per heavy atom. The smallest absolute Gasteiger partial charge is 0.408 e. The second-order valence-corrected chi connectivity index (χ2v) is 8.85. The molecule has 0 aliphatic rings. The van der Waals surface area contributed by atoms with Gasteiger partial charge in [0.2, 0.25) is 11.8 Å². The summed E-state index contributed by atoms with van der Waals surface area (Å²) in [7, 11) is 0. The van der Waals surface area contributed by atoms with Crippen molar-refractivity contribution in [2.75, 3.05) is 12.0 Å². The first-order chi connectivity index (χ1) is 16.8. The molecule has 0 bridgehead atoms. The molecule has 2 rings (SSSR count). The maximum atomic E-state index is 13.0. The zero-order valence-corrected chi connectivity index (χ0v) is 20.5. The number of thioether (sulfide) groups is 1. The molecular weight excluding hydrogens is 470 g/mol. The monoisotopic (exact) mass is 501 g/mol. The van der Waals surface area contributed by atoms with Gasteiger partial charge in [-0.25, -0.2) is 9.59 Å². The van der Waals surface area contributed by atoms with Gasteiger partial charge in [-0.3, -0.25) is 9.59 Å². The number of amides is 3. The SMILES string of the molecule is CSCC[C@H](NC(=O)[C@H](Cc1ccccc1)NC(=O)[C@H](C)NC(=O)OCc1ccccc1)C(=O)O. The fraction of sp³-hybridized carbons (Fsp3) is 0.360. The van der Waals surface area contributed by atoms with Gasteiger partial charge < -0.3 is 25.8 Å². The standard InChI is InChI=1S/C25H31N3O6S/c1-17(26-25(33)34-16-19-11-7-4-8-12-19)22(29)28-21(15-18-9-5-3-6-10-18)23(30)27-20(24(31)32)13-14-35-2/h3-12,17,20-21H,13-16H2,1-2H3,(H,26,33)(H,27,30)(H,28,29)(H,31,32)/t17-,20-,21-/m0/s1. The lowest BCUT2D eigenvalue weighted by Gasteiger charge is -2.23. The molecule has 0 spiro atoms. The van der Waals surface area contributed by atoms with E-state index in [1.807, 2.05) is 30.5 Å². The van der Waals surface area contributed by atoms with Crippen molar-refractivity contribution in [2.24, 2.45) is 0 Å². The van der Waals surface area contributed by atoms with Crippen LogP contribution in [0.5, 0.6) is 0 Å². The third-order valence-corrected chi connectivity index (χ3v) is 5.73. The predicted octanol–water partition coefficient (Wildman–Crippen LogP) is 2.35. The van der Waals surface area contributed by atoms with Gasteiger partial charge in [-0.15, -0.1) is 0 Å². The quantitative estimate of drug-likeness (QED) is 0.331. The van der Waals surface area contributed by atoms with Crippen LogP contribution in [0.1, 0.15) is 24.5 Å². The molecule has 2 aromatic carbocycles.